The van der Waals surface area contributed by atoms with Crippen molar-refractivity contribution in [3.63, 3.8) is 0 Å². The monoisotopic (exact) mass is 313 g/mol. The van der Waals surface area contributed by atoms with Crippen molar-refractivity contribution in [2.24, 2.45) is 0 Å². The maximum Gasteiger partial charge on any atom is 0.262 e. The van der Waals surface area contributed by atoms with Crippen molar-refractivity contribution in [3.05, 3.63) is 64.7 Å². The molecule has 1 amide bonds. The number of hydrogen-bond acceptors (Lipinski definition) is 3. The maximum absolute atomic E-state index is 12.2. The molecule has 2 aromatic carbocycles. The molecule has 0 saturated heterocycles. The van der Waals surface area contributed by atoms with Gasteiger partial charge in [0.1, 0.15) is 5.75 Å². The van der Waals surface area contributed by atoms with Crippen LogP contribution >= 0.6 is 11.6 Å². The largest absolute Gasteiger partial charge is 0.482 e. The van der Waals surface area contributed by atoms with E-state index in [0.29, 0.717) is 22.0 Å². The van der Waals surface area contributed by atoms with Crippen LogP contribution in [0.5, 0.6) is 5.75 Å². The summed E-state index contributed by atoms with van der Waals surface area (Å²) in [4.78, 5) is 23.5. The molecule has 5 heteroatoms. The molecular formula is C17H12ClNO3. The number of amides is 1. The SMILES string of the molecule is O=C1COc2ccc(C(=O)C=Cc3ccc(Cl)cc3)cc2N1. The van der Waals surface area contributed by atoms with E-state index in [1.54, 1.807) is 36.4 Å². The lowest BCUT2D eigenvalue weighted by atomic mass is 10.1. The van der Waals surface area contributed by atoms with Crippen LogP contribution in [0.3, 0.4) is 0 Å². The Morgan fingerprint density at radius 2 is 1.95 bits per heavy atom. The molecule has 0 unspecified atom stereocenters. The molecule has 110 valence electrons. The molecule has 0 radical (unpaired) electrons. The number of allylic oxidation sites excluding steroid dienone is 1. The topological polar surface area (TPSA) is 55.4 Å². The molecule has 2 aromatic rings. The third-order valence-corrected chi connectivity index (χ3v) is 3.45. The minimum Gasteiger partial charge on any atom is -0.482 e. The highest BCUT2D eigenvalue weighted by Gasteiger charge is 2.17. The van der Waals surface area contributed by atoms with E-state index in [4.69, 9.17) is 16.3 Å². The number of halogens is 1. The second-order valence-corrected chi connectivity index (χ2v) is 5.23. The number of ketones is 1. The lowest BCUT2D eigenvalue weighted by Crippen LogP contribution is -2.25. The quantitative estimate of drug-likeness (QED) is 0.696. The zero-order valence-electron chi connectivity index (χ0n) is 11.5. The summed E-state index contributed by atoms with van der Waals surface area (Å²) in [5, 5.41) is 3.33. The second kappa shape index (κ2) is 6.03. The molecule has 1 N–H and O–H groups in total. The highest BCUT2D eigenvalue weighted by molar-refractivity contribution is 6.30. The van der Waals surface area contributed by atoms with E-state index in [1.165, 1.54) is 6.08 Å². The van der Waals surface area contributed by atoms with Crippen LogP contribution < -0.4 is 10.1 Å². The van der Waals surface area contributed by atoms with Gasteiger partial charge in [0.15, 0.2) is 12.4 Å². The molecule has 1 heterocycles. The minimum atomic E-state index is -0.228. The molecule has 4 nitrogen and oxygen atoms in total. The first-order valence-electron chi connectivity index (χ1n) is 6.66. The van der Waals surface area contributed by atoms with Crippen molar-refractivity contribution in [2.75, 3.05) is 11.9 Å². The van der Waals surface area contributed by atoms with Crippen molar-refractivity contribution in [1.82, 2.24) is 0 Å². The third-order valence-electron chi connectivity index (χ3n) is 3.19. The lowest BCUT2D eigenvalue weighted by Gasteiger charge is -2.17. The van der Waals surface area contributed by atoms with Crippen molar-refractivity contribution in [3.8, 4) is 5.75 Å². The van der Waals surface area contributed by atoms with Gasteiger partial charge in [-0.15, -0.1) is 0 Å². The molecule has 0 bridgehead atoms. The average Bonchev–Trinajstić information content (AvgIpc) is 2.53. The van der Waals surface area contributed by atoms with Crippen LogP contribution in [-0.4, -0.2) is 18.3 Å². The van der Waals surface area contributed by atoms with Gasteiger partial charge >= 0.3 is 0 Å². The van der Waals surface area contributed by atoms with E-state index in [-0.39, 0.29) is 18.3 Å². The maximum atomic E-state index is 12.2. The summed E-state index contributed by atoms with van der Waals surface area (Å²) in [6, 6.07) is 12.1. The van der Waals surface area contributed by atoms with E-state index in [1.807, 2.05) is 12.1 Å². The standard InChI is InChI=1S/C17H12ClNO3/c18-13-5-1-11(2-6-13)3-7-15(20)12-4-8-16-14(9-12)19-17(21)10-22-16/h1-9H,10H2,(H,19,21). The first-order valence-corrected chi connectivity index (χ1v) is 7.04. The summed E-state index contributed by atoms with van der Waals surface area (Å²) in [5.41, 5.74) is 1.88. The van der Waals surface area contributed by atoms with Gasteiger partial charge in [-0.3, -0.25) is 9.59 Å². The number of nitrogens with one attached hydrogen (secondary N) is 1. The number of ether oxygens (including phenoxy) is 1. The van der Waals surface area contributed by atoms with Crippen molar-refractivity contribution >= 4 is 35.1 Å². The van der Waals surface area contributed by atoms with Gasteiger partial charge in [-0.2, -0.15) is 0 Å². The fourth-order valence-electron chi connectivity index (χ4n) is 2.08. The summed E-state index contributed by atoms with van der Waals surface area (Å²) in [6.45, 7) is -0.00321. The van der Waals surface area contributed by atoms with Crippen LogP contribution in [0.4, 0.5) is 5.69 Å². The molecule has 0 saturated carbocycles. The Hall–Kier alpha value is -2.59. The highest BCUT2D eigenvalue weighted by atomic mass is 35.5. The predicted molar refractivity (Wildman–Crippen MR) is 85.4 cm³/mol. The lowest BCUT2D eigenvalue weighted by molar-refractivity contribution is -0.118. The van der Waals surface area contributed by atoms with E-state index in [2.05, 4.69) is 5.32 Å². The number of carbonyl (C=O) groups excluding carboxylic acids is 2. The fourth-order valence-corrected chi connectivity index (χ4v) is 2.20. The zero-order valence-corrected chi connectivity index (χ0v) is 12.3. The van der Waals surface area contributed by atoms with Gasteiger partial charge in [0.2, 0.25) is 0 Å². The van der Waals surface area contributed by atoms with Gasteiger partial charge in [0, 0.05) is 10.6 Å². The summed E-state index contributed by atoms with van der Waals surface area (Å²) in [7, 11) is 0. The van der Waals surface area contributed by atoms with Crippen molar-refractivity contribution in [2.45, 2.75) is 0 Å². The highest BCUT2D eigenvalue weighted by Crippen LogP contribution is 2.28. The second-order valence-electron chi connectivity index (χ2n) is 4.80. The van der Waals surface area contributed by atoms with Crippen LogP contribution in [0.15, 0.2) is 48.5 Å². The summed E-state index contributed by atoms with van der Waals surface area (Å²) < 4.78 is 5.26. The smallest absolute Gasteiger partial charge is 0.262 e. The van der Waals surface area contributed by atoms with Crippen LogP contribution in [-0.2, 0) is 4.79 Å². The summed E-state index contributed by atoms with van der Waals surface area (Å²) in [6.07, 6.45) is 3.20. The minimum absolute atomic E-state index is 0.00321. The number of carbonyl (C=O) groups is 2. The Morgan fingerprint density at radius 1 is 1.18 bits per heavy atom. The fraction of sp³-hybridized carbons (Fsp3) is 0.0588. The third kappa shape index (κ3) is 3.18. The predicted octanol–water partition coefficient (Wildman–Crippen LogP) is 3.57. The van der Waals surface area contributed by atoms with Gasteiger partial charge in [-0.05, 0) is 42.0 Å². The first-order chi connectivity index (χ1) is 10.6. The molecule has 0 atom stereocenters. The number of benzene rings is 2. The first kappa shape index (κ1) is 14.4. The molecule has 0 aromatic heterocycles. The van der Waals surface area contributed by atoms with Gasteiger partial charge in [0.25, 0.3) is 5.91 Å². The van der Waals surface area contributed by atoms with Gasteiger partial charge in [-0.25, -0.2) is 0 Å². The van der Waals surface area contributed by atoms with Crippen LogP contribution in [0.2, 0.25) is 5.02 Å². The zero-order chi connectivity index (χ0) is 15.5. The van der Waals surface area contributed by atoms with Gasteiger partial charge < -0.3 is 10.1 Å². The van der Waals surface area contributed by atoms with Gasteiger partial charge in [0.05, 0.1) is 5.69 Å². The Kier molecular flexibility index (Phi) is 3.94. The van der Waals surface area contributed by atoms with Crippen molar-refractivity contribution in [1.29, 1.82) is 0 Å². The average molecular weight is 314 g/mol. The van der Waals surface area contributed by atoms with E-state index in [0.717, 1.165) is 5.56 Å². The van der Waals surface area contributed by atoms with Crippen molar-refractivity contribution < 1.29 is 14.3 Å². The molecule has 1 aliphatic rings. The summed E-state index contributed by atoms with van der Waals surface area (Å²) in [5.74, 6) is 0.184. The number of hydrogen-bond donors (Lipinski definition) is 1. The van der Waals surface area contributed by atoms with E-state index in [9.17, 15) is 9.59 Å². The Labute approximate surface area is 132 Å². The molecule has 0 aliphatic carbocycles. The Morgan fingerprint density at radius 3 is 2.73 bits per heavy atom. The van der Waals surface area contributed by atoms with Gasteiger partial charge in [-0.1, -0.05) is 29.8 Å². The Bertz CT molecular complexity index is 766. The molecule has 3 rings (SSSR count). The molecular weight excluding hydrogens is 302 g/mol. The Balaban J connectivity index is 1.79. The van der Waals surface area contributed by atoms with Crippen LogP contribution in [0.25, 0.3) is 6.08 Å². The number of anilines is 1. The molecule has 22 heavy (non-hydrogen) atoms. The van der Waals surface area contributed by atoms with Crippen LogP contribution in [0, 0.1) is 0 Å². The van der Waals surface area contributed by atoms with E-state index >= 15 is 0 Å². The van der Waals surface area contributed by atoms with E-state index < -0.39 is 0 Å². The number of fused-ring (bicyclic) bond motifs is 1. The molecule has 0 spiro atoms. The van der Waals surface area contributed by atoms with Crippen LogP contribution in [0.1, 0.15) is 15.9 Å². The molecule has 0 fully saturated rings. The summed E-state index contributed by atoms with van der Waals surface area (Å²) >= 11 is 5.81. The normalized spacial score (nSPS) is 13.4. The number of rotatable bonds is 3. The molecule has 1 aliphatic heterocycles.